The van der Waals surface area contributed by atoms with Gasteiger partial charge in [0.05, 0.1) is 28.8 Å². The predicted octanol–water partition coefficient (Wildman–Crippen LogP) is 3.33. The van der Waals surface area contributed by atoms with Crippen molar-refractivity contribution in [2.75, 3.05) is 5.73 Å². The van der Waals surface area contributed by atoms with Crippen LogP contribution < -0.4 is 11.5 Å². The first-order valence-electron chi connectivity index (χ1n) is 8.11. The monoisotopic (exact) mass is 378 g/mol. The molecular weight excluding hydrogens is 364 g/mol. The molecule has 0 spiro atoms. The molecule has 1 amide bonds. The number of pyridine rings is 2. The SMILES string of the molecule is Cc1ccc2[nH]ncc2c1-c1cc(-c2cc(Cl)ccn2)nc(C(N)=O)c1N. The molecule has 134 valence electrons. The van der Waals surface area contributed by atoms with Gasteiger partial charge in [0.2, 0.25) is 0 Å². The summed E-state index contributed by atoms with van der Waals surface area (Å²) in [5, 5.41) is 8.44. The van der Waals surface area contributed by atoms with Gasteiger partial charge in [-0.25, -0.2) is 4.98 Å². The Labute approximate surface area is 159 Å². The fourth-order valence-corrected chi connectivity index (χ4v) is 3.27. The van der Waals surface area contributed by atoms with Gasteiger partial charge in [-0.2, -0.15) is 5.10 Å². The van der Waals surface area contributed by atoms with Gasteiger partial charge in [0.1, 0.15) is 0 Å². The Morgan fingerprint density at radius 1 is 1.19 bits per heavy atom. The molecule has 0 atom stereocenters. The van der Waals surface area contributed by atoms with E-state index in [0.29, 0.717) is 22.0 Å². The van der Waals surface area contributed by atoms with Crippen molar-refractivity contribution < 1.29 is 4.79 Å². The van der Waals surface area contributed by atoms with Crippen molar-refractivity contribution >= 4 is 34.1 Å². The summed E-state index contributed by atoms with van der Waals surface area (Å²) in [7, 11) is 0. The van der Waals surface area contributed by atoms with Gasteiger partial charge in [0.15, 0.2) is 5.69 Å². The standard InChI is InChI=1S/C19H15ClN6O/c1-9-2-3-13-12(8-24-26-13)16(9)11-7-15(14-6-10(20)4-5-23-14)25-18(17(11)21)19(22)27/h2-8H,21H2,1H3,(H2,22,27)(H,24,26). The Balaban J connectivity index is 2.07. The van der Waals surface area contributed by atoms with Gasteiger partial charge < -0.3 is 11.5 Å². The number of nitrogens with one attached hydrogen (secondary N) is 1. The fourth-order valence-electron chi connectivity index (χ4n) is 3.11. The molecule has 5 N–H and O–H groups in total. The number of fused-ring (bicyclic) bond motifs is 1. The van der Waals surface area contributed by atoms with Crippen LogP contribution in [0.15, 0.2) is 42.7 Å². The lowest BCUT2D eigenvalue weighted by molar-refractivity contribution is 0.0996. The molecule has 27 heavy (non-hydrogen) atoms. The number of aromatic amines is 1. The van der Waals surface area contributed by atoms with Crippen molar-refractivity contribution in [1.82, 2.24) is 20.2 Å². The van der Waals surface area contributed by atoms with Crippen molar-refractivity contribution in [2.24, 2.45) is 5.73 Å². The number of hydrogen-bond acceptors (Lipinski definition) is 5. The number of nitrogens with two attached hydrogens (primary N) is 2. The summed E-state index contributed by atoms with van der Waals surface area (Å²) < 4.78 is 0. The van der Waals surface area contributed by atoms with E-state index in [1.807, 2.05) is 19.1 Å². The van der Waals surface area contributed by atoms with E-state index < -0.39 is 5.91 Å². The molecule has 0 radical (unpaired) electrons. The molecule has 3 aromatic heterocycles. The quantitative estimate of drug-likeness (QED) is 0.504. The number of amides is 1. The zero-order valence-electron chi connectivity index (χ0n) is 14.3. The first-order chi connectivity index (χ1) is 13.0. The molecule has 0 unspecified atom stereocenters. The van der Waals surface area contributed by atoms with Crippen LogP contribution in [0.25, 0.3) is 33.4 Å². The second kappa shape index (κ2) is 6.37. The van der Waals surface area contributed by atoms with E-state index in [2.05, 4.69) is 20.2 Å². The maximum atomic E-state index is 12.0. The van der Waals surface area contributed by atoms with E-state index >= 15 is 0 Å². The van der Waals surface area contributed by atoms with Gasteiger partial charge in [-0.05, 0) is 42.3 Å². The Hall–Kier alpha value is -3.45. The second-order valence-corrected chi connectivity index (χ2v) is 6.57. The summed E-state index contributed by atoms with van der Waals surface area (Å²) in [4.78, 5) is 20.6. The number of halogens is 1. The lowest BCUT2D eigenvalue weighted by Crippen LogP contribution is -2.17. The van der Waals surface area contributed by atoms with Crippen molar-refractivity contribution in [1.29, 1.82) is 0 Å². The van der Waals surface area contributed by atoms with Gasteiger partial charge in [0, 0.05) is 22.2 Å². The highest BCUT2D eigenvalue weighted by Gasteiger charge is 2.20. The van der Waals surface area contributed by atoms with Crippen LogP contribution in [-0.4, -0.2) is 26.1 Å². The molecule has 0 saturated carbocycles. The zero-order chi connectivity index (χ0) is 19.1. The minimum absolute atomic E-state index is 0.0100. The third kappa shape index (κ3) is 2.88. The predicted molar refractivity (Wildman–Crippen MR) is 105 cm³/mol. The second-order valence-electron chi connectivity index (χ2n) is 6.13. The van der Waals surface area contributed by atoms with E-state index in [9.17, 15) is 4.79 Å². The van der Waals surface area contributed by atoms with Gasteiger partial charge in [0.25, 0.3) is 5.91 Å². The highest BCUT2D eigenvalue weighted by molar-refractivity contribution is 6.30. The number of nitrogens with zero attached hydrogens (tertiary/aromatic N) is 3. The third-order valence-corrected chi connectivity index (χ3v) is 4.61. The molecule has 0 bridgehead atoms. The van der Waals surface area contributed by atoms with Crippen molar-refractivity contribution in [3.8, 4) is 22.5 Å². The van der Waals surface area contributed by atoms with Gasteiger partial charge in [-0.3, -0.25) is 14.9 Å². The van der Waals surface area contributed by atoms with E-state index in [1.165, 1.54) is 0 Å². The van der Waals surface area contributed by atoms with Gasteiger partial charge in [-0.15, -0.1) is 0 Å². The average Bonchev–Trinajstić information content (AvgIpc) is 3.11. The van der Waals surface area contributed by atoms with Crippen LogP contribution >= 0.6 is 11.6 Å². The number of hydrogen-bond donors (Lipinski definition) is 3. The van der Waals surface area contributed by atoms with Crippen LogP contribution in [0.1, 0.15) is 16.1 Å². The minimum atomic E-state index is -0.713. The summed E-state index contributed by atoms with van der Waals surface area (Å²) in [6.45, 7) is 1.96. The molecule has 3 heterocycles. The van der Waals surface area contributed by atoms with E-state index in [1.54, 1.807) is 30.6 Å². The largest absolute Gasteiger partial charge is 0.396 e. The molecular formula is C19H15ClN6O. The number of benzene rings is 1. The van der Waals surface area contributed by atoms with Crippen LogP contribution in [0.5, 0.6) is 0 Å². The topological polar surface area (TPSA) is 124 Å². The van der Waals surface area contributed by atoms with E-state index in [4.69, 9.17) is 23.1 Å². The number of rotatable bonds is 3. The van der Waals surface area contributed by atoms with Crippen molar-refractivity contribution in [3.05, 3.63) is 59.0 Å². The third-order valence-electron chi connectivity index (χ3n) is 4.38. The van der Waals surface area contributed by atoms with Crippen LogP contribution in [0.3, 0.4) is 0 Å². The summed E-state index contributed by atoms with van der Waals surface area (Å²) in [5.41, 5.74) is 16.3. The molecule has 0 aliphatic rings. The van der Waals surface area contributed by atoms with Crippen molar-refractivity contribution in [2.45, 2.75) is 6.92 Å². The molecule has 4 aromatic rings. The summed E-state index contributed by atoms with van der Waals surface area (Å²) in [6, 6.07) is 9.01. The minimum Gasteiger partial charge on any atom is -0.396 e. The molecule has 4 rings (SSSR count). The maximum absolute atomic E-state index is 12.0. The first-order valence-corrected chi connectivity index (χ1v) is 8.49. The molecule has 7 nitrogen and oxygen atoms in total. The number of carbonyl (C=O) groups is 1. The lowest BCUT2D eigenvalue weighted by atomic mass is 9.94. The number of anilines is 1. The number of carbonyl (C=O) groups excluding carboxylic acids is 1. The Kier molecular flexibility index (Phi) is 4.01. The normalized spacial score (nSPS) is 11.0. The maximum Gasteiger partial charge on any atom is 0.269 e. The number of aromatic nitrogens is 4. The van der Waals surface area contributed by atoms with E-state index in [0.717, 1.165) is 22.0 Å². The Morgan fingerprint density at radius 3 is 2.74 bits per heavy atom. The molecule has 8 heteroatoms. The van der Waals surface area contributed by atoms with Crippen LogP contribution in [0.2, 0.25) is 5.02 Å². The molecule has 0 aliphatic carbocycles. The van der Waals surface area contributed by atoms with Gasteiger partial charge in [-0.1, -0.05) is 17.7 Å². The average molecular weight is 379 g/mol. The summed E-state index contributed by atoms with van der Waals surface area (Å²) >= 11 is 6.08. The van der Waals surface area contributed by atoms with Crippen LogP contribution in [-0.2, 0) is 0 Å². The summed E-state index contributed by atoms with van der Waals surface area (Å²) in [6.07, 6.45) is 3.29. The summed E-state index contributed by atoms with van der Waals surface area (Å²) in [5.74, 6) is -0.713. The molecule has 0 aliphatic heterocycles. The van der Waals surface area contributed by atoms with E-state index in [-0.39, 0.29) is 11.4 Å². The number of aryl methyl sites for hydroxylation is 1. The number of primary amides is 1. The zero-order valence-corrected chi connectivity index (χ0v) is 15.1. The Bertz CT molecular complexity index is 1200. The number of H-pyrrole nitrogens is 1. The number of nitrogen functional groups attached to an aromatic ring is 1. The lowest BCUT2D eigenvalue weighted by Gasteiger charge is -2.14. The first kappa shape index (κ1) is 17.0. The molecule has 0 saturated heterocycles. The van der Waals surface area contributed by atoms with Gasteiger partial charge >= 0.3 is 0 Å². The smallest absolute Gasteiger partial charge is 0.269 e. The molecule has 0 fully saturated rings. The highest BCUT2D eigenvalue weighted by atomic mass is 35.5. The van der Waals surface area contributed by atoms with Crippen LogP contribution in [0.4, 0.5) is 5.69 Å². The van der Waals surface area contributed by atoms with Crippen LogP contribution in [0, 0.1) is 6.92 Å². The molecule has 1 aromatic carbocycles. The highest BCUT2D eigenvalue weighted by Crippen LogP contribution is 2.37. The fraction of sp³-hybridized carbons (Fsp3) is 0.0526. The Morgan fingerprint density at radius 2 is 2.00 bits per heavy atom. The van der Waals surface area contributed by atoms with Crippen molar-refractivity contribution in [3.63, 3.8) is 0 Å².